The Morgan fingerprint density at radius 1 is 1.32 bits per heavy atom. The van der Waals surface area contributed by atoms with Crippen molar-refractivity contribution in [1.82, 2.24) is 5.32 Å². The van der Waals surface area contributed by atoms with Gasteiger partial charge in [-0.3, -0.25) is 0 Å². The molecule has 1 fully saturated rings. The van der Waals surface area contributed by atoms with Crippen LogP contribution in [0.15, 0.2) is 24.3 Å². The van der Waals surface area contributed by atoms with Crippen molar-refractivity contribution in [2.75, 3.05) is 5.75 Å². The maximum absolute atomic E-state index is 5.92. The zero-order valence-electron chi connectivity index (χ0n) is 11.9. The molecule has 1 saturated carbocycles. The van der Waals surface area contributed by atoms with Crippen molar-refractivity contribution in [3.63, 3.8) is 0 Å². The Balaban J connectivity index is 1.83. The number of rotatable bonds is 6. The maximum Gasteiger partial charge on any atom is 0.0406 e. The highest BCUT2D eigenvalue weighted by molar-refractivity contribution is 7.99. The average Bonchev–Trinajstić information content (AvgIpc) is 2.80. The number of halogens is 1. The molecule has 1 aliphatic rings. The summed E-state index contributed by atoms with van der Waals surface area (Å²) in [5.41, 5.74) is 1.36. The molecule has 19 heavy (non-hydrogen) atoms. The summed E-state index contributed by atoms with van der Waals surface area (Å²) < 4.78 is 0. The van der Waals surface area contributed by atoms with Crippen molar-refractivity contribution < 1.29 is 0 Å². The highest BCUT2D eigenvalue weighted by Gasteiger charge is 2.27. The van der Waals surface area contributed by atoms with Crippen molar-refractivity contribution in [3.8, 4) is 0 Å². The third-order valence-electron chi connectivity index (χ3n) is 3.79. The highest BCUT2D eigenvalue weighted by atomic mass is 35.5. The van der Waals surface area contributed by atoms with E-state index >= 15 is 0 Å². The van der Waals surface area contributed by atoms with Gasteiger partial charge in [0.25, 0.3) is 0 Å². The van der Waals surface area contributed by atoms with Gasteiger partial charge in [-0.05, 0) is 49.6 Å². The molecule has 1 aliphatic carbocycles. The monoisotopic (exact) mass is 297 g/mol. The van der Waals surface area contributed by atoms with Crippen molar-refractivity contribution in [2.45, 2.75) is 56.9 Å². The van der Waals surface area contributed by atoms with Crippen LogP contribution in [-0.4, -0.2) is 23.1 Å². The lowest BCUT2D eigenvalue weighted by Gasteiger charge is -2.24. The molecule has 1 nitrogen and oxygen atoms in total. The number of benzene rings is 1. The normalized spacial score (nSPS) is 24.6. The molecule has 1 aromatic carbocycles. The number of thioether (sulfide) groups is 1. The van der Waals surface area contributed by atoms with E-state index in [0.29, 0.717) is 12.1 Å². The van der Waals surface area contributed by atoms with Gasteiger partial charge < -0.3 is 5.32 Å². The minimum absolute atomic E-state index is 0.532. The summed E-state index contributed by atoms with van der Waals surface area (Å²) in [6.45, 7) is 4.55. The summed E-state index contributed by atoms with van der Waals surface area (Å²) in [7, 11) is 0. The van der Waals surface area contributed by atoms with Crippen LogP contribution in [0.2, 0.25) is 5.02 Å². The van der Waals surface area contributed by atoms with Crippen LogP contribution in [-0.2, 0) is 6.42 Å². The largest absolute Gasteiger partial charge is 0.310 e. The lowest BCUT2D eigenvalue weighted by atomic mass is 10.1. The van der Waals surface area contributed by atoms with Gasteiger partial charge in [-0.15, -0.1) is 0 Å². The molecule has 0 saturated heterocycles. The van der Waals surface area contributed by atoms with Gasteiger partial charge >= 0.3 is 0 Å². The second-order valence-electron chi connectivity index (χ2n) is 5.43. The summed E-state index contributed by atoms with van der Waals surface area (Å²) in [5, 5.41) is 5.46. The first kappa shape index (κ1) is 15.2. The third kappa shape index (κ3) is 4.70. The molecule has 0 spiro atoms. The molecule has 2 rings (SSSR count). The molecule has 3 unspecified atom stereocenters. The van der Waals surface area contributed by atoms with Crippen LogP contribution in [0.5, 0.6) is 0 Å². The molecule has 1 N–H and O–H groups in total. The van der Waals surface area contributed by atoms with E-state index < -0.39 is 0 Å². The quantitative estimate of drug-likeness (QED) is 0.827. The summed E-state index contributed by atoms with van der Waals surface area (Å²) >= 11 is 8.04. The van der Waals surface area contributed by atoms with Crippen LogP contribution >= 0.6 is 23.4 Å². The Labute approximate surface area is 126 Å². The summed E-state index contributed by atoms with van der Waals surface area (Å²) in [6, 6.07) is 9.46. The van der Waals surface area contributed by atoms with E-state index in [1.54, 1.807) is 0 Å². The molecule has 3 heteroatoms. The van der Waals surface area contributed by atoms with Crippen LogP contribution in [0, 0.1) is 0 Å². The molecule has 106 valence electrons. The molecule has 0 heterocycles. The zero-order valence-corrected chi connectivity index (χ0v) is 13.4. The van der Waals surface area contributed by atoms with E-state index in [0.717, 1.165) is 16.7 Å². The van der Waals surface area contributed by atoms with Gasteiger partial charge in [0.15, 0.2) is 0 Å². The topological polar surface area (TPSA) is 12.0 Å². The van der Waals surface area contributed by atoms with Gasteiger partial charge in [0.2, 0.25) is 0 Å². The highest BCUT2D eigenvalue weighted by Crippen LogP contribution is 2.30. The van der Waals surface area contributed by atoms with Gasteiger partial charge in [0.1, 0.15) is 0 Å². The molecule has 0 amide bonds. The van der Waals surface area contributed by atoms with Crippen molar-refractivity contribution in [3.05, 3.63) is 34.9 Å². The minimum Gasteiger partial charge on any atom is -0.310 e. The van der Waals surface area contributed by atoms with Gasteiger partial charge in [0, 0.05) is 22.4 Å². The van der Waals surface area contributed by atoms with Gasteiger partial charge in [-0.2, -0.15) is 11.8 Å². The van der Waals surface area contributed by atoms with Crippen LogP contribution in [0.25, 0.3) is 0 Å². The number of hydrogen-bond donors (Lipinski definition) is 1. The van der Waals surface area contributed by atoms with E-state index in [1.165, 1.54) is 30.6 Å². The predicted molar refractivity (Wildman–Crippen MR) is 87.3 cm³/mol. The molecular formula is C16H24ClNS. The first-order valence-corrected chi connectivity index (χ1v) is 8.73. The van der Waals surface area contributed by atoms with E-state index in [-0.39, 0.29) is 0 Å². The molecule has 0 bridgehead atoms. The van der Waals surface area contributed by atoms with Crippen molar-refractivity contribution in [1.29, 1.82) is 0 Å². The van der Waals surface area contributed by atoms with Crippen molar-refractivity contribution in [2.24, 2.45) is 0 Å². The van der Waals surface area contributed by atoms with Crippen LogP contribution in [0.4, 0.5) is 0 Å². The second-order valence-corrected chi connectivity index (χ2v) is 7.38. The summed E-state index contributed by atoms with van der Waals surface area (Å²) in [5.74, 6) is 1.23. The van der Waals surface area contributed by atoms with Crippen LogP contribution < -0.4 is 5.32 Å². The number of hydrogen-bond acceptors (Lipinski definition) is 2. The molecular weight excluding hydrogens is 274 g/mol. The third-order valence-corrected chi connectivity index (χ3v) is 5.36. The molecule has 0 radical (unpaired) electrons. The number of nitrogens with one attached hydrogen (secondary N) is 1. The predicted octanol–water partition coefficient (Wildman–Crippen LogP) is 4.53. The minimum atomic E-state index is 0.532. The smallest absolute Gasteiger partial charge is 0.0406 e. The molecule has 0 aromatic heterocycles. The fourth-order valence-electron chi connectivity index (χ4n) is 2.93. The zero-order chi connectivity index (χ0) is 13.7. The van der Waals surface area contributed by atoms with Gasteiger partial charge in [-0.1, -0.05) is 37.1 Å². The summed E-state index contributed by atoms with van der Waals surface area (Å²) in [4.78, 5) is 0. The first-order chi connectivity index (χ1) is 9.19. The van der Waals surface area contributed by atoms with Gasteiger partial charge in [0.05, 0.1) is 0 Å². The Morgan fingerprint density at radius 3 is 2.74 bits per heavy atom. The Morgan fingerprint density at radius 2 is 2.05 bits per heavy atom. The van der Waals surface area contributed by atoms with Crippen molar-refractivity contribution >= 4 is 23.4 Å². The molecule has 1 aromatic rings. The van der Waals surface area contributed by atoms with E-state index in [2.05, 4.69) is 43.1 Å². The Kier molecular flexibility index (Phi) is 6.06. The fourth-order valence-corrected chi connectivity index (χ4v) is 4.26. The average molecular weight is 298 g/mol. The lowest BCUT2D eigenvalue weighted by Crippen LogP contribution is -2.41. The maximum atomic E-state index is 5.92. The van der Waals surface area contributed by atoms with Gasteiger partial charge in [-0.25, -0.2) is 0 Å². The van der Waals surface area contributed by atoms with E-state index in [4.69, 9.17) is 11.6 Å². The standard InChI is InChI=1S/C16H24ClNS/c1-3-19-16-6-4-5-15(16)18-12(2)11-13-7-9-14(17)10-8-13/h7-10,12,15-16,18H,3-6,11H2,1-2H3. The fraction of sp³-hybridized carbons (Fsp3) is 0.625. The Hall–Kier alpha value is -0.180. The molecule has 3 atom stereocenters. The lowest BCUT2D eigenvalue weighted by molar-refractivity contribution is 0.453. The second kappa shape index (κ2) is 7.56. The van der Waals surface area contributed by atoms with E-state index in [1.807, 2.05) is 12.1 Å². The molecule has 0 aliphatic heterocycles. The van der Waals surface area contributed by atoms with Crippen LogP contribution in [0.3, 0.4) is 0 Å². The first-order valence-electron chi connectivity index (χ1n) is 7.31. The van der Waals surface area contributed by atoms with Crippen LogP contribution in [0.1, 0.15) is 38.7 Å². The van der Waals surface area contributed by atoms with E-state index in [9.17, 15) is 0 Å². The summed E-state index contributed by atoms with van der Waals surface area (Å²) in [6.07, 6.45) is 5.17. The Bertz CT molecular complexity index is 379. The SMILES string of the molecule is CCSC1CCCC1NC(C)Cc1ccc(Cl)cc1.